The number of aliphatic hydroxyl groups excluding tert-OH is 1. The summed E-state index contributed by atoms with van der Waals surface area (Å²) in [6.07, 6.45) is 7.04. The molecule has 1 rings (SSSR count). The first-order valence-electron chi connectivity index (χ1n) is 9.73. The lowest BCUT2D eigenvalue weighted by Gasteiger charge is -2.16. The van der Waals surface area contributed by atoms with Gasteiger partial charge in [-0.3, -0.25) is 28.3 Å². The van der Waals surface area contributed by atoms with Crippen LogP contribution in [-0.4, -0.2) is 66.0 Å². The number of hydrogen-bond donors (Lipinski definition) is 3. The van der Waals surface area contributed by atoms with Crippen molar-refractivity contribution in [3.8, 4) is 0 Å². The maximum atomic E-state index is 11.8. The molecule has 0 spiro atoms. The number of carbonyl (C=O) groups excluding carboxylic acids is 3. The first kappa shape index (κ1) is 25.5. The minimum absolute atomic E-state index is 0.0525. The molecule has 0 aromatic carbocycles. The normalized spacial score (nSPS) is 16.9. The fourth-order valence-electron chi connectivity index (χ4n) is 2.74. The summed E-state index contributed by atoms with van der Waals surface area (Å²) in [5.41, 5.74) is 0. The number of phosphoric acid groups is 1. The third-order valence-corrected chi connectivity index (χ3v) is 5.45. The molecule has 0 aromatic heterocycles. The largest absolute Gasteiger partial charge is 0.471 e. The van der Waals surface area contributed by atoms with Crippen molar-refractivity contribution in [1.29, 1.82) is 0 Å². The molecule has 3 N–H and O–H groups in total. The Balaban J connectivity index is 2.01. The highest BCUT2D eigenvalue weighted by Crippen LogP contribution is 2.42. The van der Waals surface area contributed by atoms with Gasteiger partial charge in [-0.1, -0.05) is 12.8 Å². The van der Waals surface area contributed by atoms with E-state index in [1.807, 2.05) is 0 Å². The Kier molecular flexibility index (Phi) is 11.9. The van der Waals surface area contributed by atoms with E-state index in [1.54, 1.807) is 0 Å². The van der Waals surface area contributed by atoms with Crippen LogP contribution >= 0.6 is 7.82 Å². The standard InChI is InChI=1S/C18H31N2O8P/c1-27-29(25,26)28-14-15(13-21)7-4-5-11-19-16(22)8-3-2-6-12-20-17(23)9-10-18(20)24/h9-10,15,21H,2-8,11-14H2,1H3,(H,19,22)(H,25,26). The lowest BCUT2D eigenvalue weighted by atomic mass is 10.0. The van der Waals surface area contributed by atoms with Gasteiger partial charge in [0.2, 0.25) is 5.91 Å². The van der Waals surface area contributed by atoms with Gasteiger partial charge in [0.25, 0.3) is 11.8 Å². The van der Waals surface area contributed by atoms with Gasteiger partial charge in [-0.25, -0.2) is 4.57 Å². The average molecular weight is 434 g/mol. The summed E-state index contributed by atoms with van der Waals surface area (Å²) >= 11 is 0. The summed E-state index contributed by atoms with van der Waals surface area (Å²) in [5.74, 6) is -0.895. The van der Waals surface area contributed by atoms with Crippen molar-refractivity contribution in [2.45, 2.75) is 44.9 Å². The monoisotopic (exact) mass is 434 g/mol. The topological polar surface area (TPSA) is 142 Å². The molecule has 0 fully saturated rings. The fourth-order valence-corrected chi connectivity index (χ4v) is 3.24. The van der Waals surface area contributed by atoms with Gasteiger partial charge in [0.15, 0.2) is 0 Å². The van der Waals surface area contributed by atoms with Gasteiger partial charge in [-0.2, -0.15) is 0 Å². The SMILES string of the molecule is COP(=O)(O)OCC(CO)CCCCNC(=O)CCCCCN1C(=O)C=CC1=O. The van der Waals surface area contributed by atoms with E-state index in [9.17, 15) is 24.1 Å². The maximum Gasteiger partial charge on any atom is 0.471 e. The van der Waals surface area contributed by atoms with Crippen LogP contribution in [0, 0.1) is 5.92 Å². The Bertz CT molecular complexity index is 607. The Morgan fingerprint density at radius 2 is 1.86 bits per heavy atom. The van der Waals surface area contributed by atoms with Crippen LogP contribution in [0.15, 0.2) is 12.2 Å². The van der Waals surface area contributed by atoms with Crippen molar-refractivity contribution in [3.63, 3.8) is 0 Å². The number of rotatable bonds is 16. The molecule has 0 radical (unpaired) electrons. The second kappa shape index (κ2) is 13.6. The number of imide groups is 1. The molecule has 1 heterocycles. The van der Waals surface area contributed by atoms with Crippen molar-refractivity contribution in [2.24, 2.45) is 5.92 Å². The van der Waals surface area contributed by atoms with E-state index in [0.29, 0.717) is 38.8 Å². The number of amides is 3. The van der Waals surface area contributed by atoms with Gasteiger partial charge in [0.1, 0.15) is 0 Å². The van der Waals surface area contributed by atoms with E-state index in [4.69, 9.17) is 9.42 Å². The highest BCUT2D eigenvalue weighted by Gasteiger charge is 2.22. The molecule has 0 saturated heterocycles. The molecule has 166 valence electrons. The van der Waals surface area contributed by atoms with E-state index < -0.39 is 7.82 Å². The zero-order valence-corrected chi connectivity index (χ0v) is 17.6. The third kappa shape index (κ3) is 10.7. The molecule has 3 amide bonds. The Morgan fingerprint density at radius 1 is 1.17 bits per heavy atom. The van der Waals surface area contributed by atoms with Gasteiger partial charge in [-0.05, 0) is 25.7 Å². The van der Waals surface area contributed by atoms with Gasteiger partial charge in [0.05, 0.1) is 6.61 Å². The molecule has 29 heavy (non-hydrogen) atoms. The number of unbranched alkanes of at least 4 members (excludes halogenated alkanes) is 3. The number of nitrogens with one attached hydrogen (secondary N) is 1. The molecule has 2 unspecified atom stereocenters. The first-order valence-corrected chi connectivity index (χ1v) is 11.2. The average Bonchev–Trinajstić information content (AvgIpc) is 3.01. The zero-order valence-electron chi connectivity index (χ0n) is 16.7. The lowest BCUT2D eigenvalue weighted by Crippen LogP contribution is -2.30. The van der Waals surface area contributed by atoms with Crippen LogP contribution in [0.4, 0.5) is 0 Å². The number of aliphatic hydroxyl groups is 1. The molecule has 1 aliphatic rings. The van der Waals surface area contributed by atoms with E-state index in [2.05, 4.69) is 9.84 Å². The number of hydrogen-bond acceptors (Lipinski definition) is 7. The van der Waals surface area contributed by atoms with E-state index in [1.165, 1.54) is 17.1 Å². The smallest absolute Gasteiger partial charge is 0.396 e. The van der Waals surface area contributed by atoms with Crippen LogP contribution in [0.1, 0.15) is 44.9 Å². The minimum atomic E-state index is -4.03. The zero-order chi connectivity index (χ0) is 21.7. The Morgan fingerprint density at radius 3 is 2.48 bits per heavy atom. The van der Waals surface area contributed by atoms with Crippen LogP contribution in [0.3, 0.4) is 0 Å². The van der Waals surface area contributed by atoms with Gasteiger partial charge < -0.3 is 15.3 Å². The van der Waals surface area contributed by atoms with Crippen LogP contribution in [-0.2, 0) is 28.0 Å². The molecule has 2 atom stereocenters. The summed E-state index contributed by atoms with van der Waals surface area (Å²) in [6.45, 7) is 0.644. The van der Waals surface area contributed by atoms with Crippen LogP contribution in [0.2, 0.25) is 0 Å². The molecule has 0 aromatic rings. The third-order valence-electron chi connectivity index (χ3n) is 4.51. The predicted octanol–water partition coefficient (Wildman–Crippen LogP) is 1.13. The predicted molar refractivity (Wildman–Crippen MR) is 105 cm³/mol. The van der Waals surface area contributed by atoms with Crippen LogP contribution in [0.5, 0.6) is 0 Å². The second-order valence-electron chi connectivity index (χ2n) is 6.81. The summed E-state index contributed by atoms with van der Waals surface area (Å²) in [4.78, 5) is 44.9. The summed E-state index contributed by atoms with van der Waals surface area (Å²) in [7, 11) is -2.96. The maximum absolute atomic E-state index is 11.8. The molecular weight excluding hydrogens is 403 g/mol. The molecule has 1 aliphatic heterocycles. The van der Waals surface area contributed by atoms with E-state index in [0.717, 1.165) is 26.4 Å². The molecular formula is C18H31N2O8P. The van der Waals surface area contributed by atoms with Crippen molar-refractivity contribution in [2.75, 3.05) is 33.4 Å². The molecule has 0 aliphatic carbocycles. The molecule has 0 saturated carbocycles. The van der Waals surface area contributed by atoms with E-state index in [-0.39, 0.29) is 36.9 Å². The minimum Gasteiger partial charge on any atom is -0.396 e. The molecule has 11 heteroatoms. The van der Waals surface area contributed by atoms with Crippen molar-refractivity contribution < 1.29 is 38.0 Å². The Labute approximate surface area is 170 Å². The number of nitrogens with zero attached hydrogens (tertiary/aromatic N) is 1. The van der Waals surface area contributed by atoms with Gasteiger partial charge in [-0.15, -0.1) is 0 Å². The summed E-state index contributed by atoms with van der Waals surface area (Å²) < 4.78 is 20.3. The first-order chi connectivity index (χ1) is 13.8. The quantitative estimate of drug-likeness (QED) is 0.186. The summed E-state index contributed by atoms with van der Waals surface area (Å²) in [5, 5.41) is 12.1. The van der Waals surface area contributed by atoms with Gasteiger partial charge in [0, 0.05) is 51.3 Å². The molecule has 10 nitrogen and oxygen atoms in total. The lowest BCUT2D eigenvalue weighted by molar-refractivity contribution is -0.137. The number of phosphoric ester groups is 1. The second-order valence-corrected chi connectivity index (χ2v) is 8.37. The highest BCUT2D eigenvalue weighted by atomic mass is 31.2. The molecule has 0 bridgehead atoms. The van der Waals surface area contributed by atoms with Crippen molar-refractivity contribution >= 4 is 25.5 Å². The Hall–Kier alpha value is -1.58. The van der Waals surface area contributed by atoms with E-state index >= 15 is 0 Å². The van der Waals surface area contributed by atoms with Crippen LogP contribution in [0.25, 0.3) is 0 Å². The van der Waals surface area contributed by atoms with Crippen molar-refractivity contribution in [3.05, 3.63) is 12.2 Å². The fraction of sp³-hybridized carbons (Fsp3) is 0.722. The highest BCUT2D eigenvalue weighted by molar-refractivity contribution is 7.47. The van der Waals surface area contributed by atoms with Gasteiger partial charge >= 0.3 is 7.82 Å². The van der Waals surface area contributed by atoms with Crippen LogP contribution < -0.4 is 5.32 Å². The summed E-state index contributed by atoms with van der Waals surface area (Å²) in [6, 6.07) is 0. The number of carbonyl (C=O) groups is 3. The van der Waals surface area contributed by atoms with Crippen molar-refractivity contribution in [1.82, 2.24) is 10.2 Å².